The summed E-state index contributed by atoms with van der Waals surface area (Å²) in [5, 5.41) is 0. The van der Waals surface area contributed by atoms with Crippen LogP contribution >= 0.6 is 0 Å². The van der Waals surface area contributed by atoms with Gasteiger partial charge in [0.15, 0.2) is 0 Å². The number of allylic oxidation sites excluding steroid dienone is 1. The summed E-state index contributed by atoms with van der Waals surface area (Å²) in [6.45, 7) is 5.92. The van der Waals surface area contributed by atoms with Crippen molar-refractivity contribution in [3.8, 4) is 0 Å². The van der Waals surface area contributed by atoms with Gasteiger partial charge in [0, 0.05) is 6.61 Å². The number of rotatable bonds is 5. The second kappa shape index (κ2) is 7.70. The van der Waals surface area contributed by atoms with Gasteiger partial charge in [-0.3, -0.25) is 0 Å². The van der Waals surface area contributed by atoms with E-state index in [9.17, 15) is 0 Å². The molecule has 0 heterocycles. The Morgan fingerprint density at radius 2 is 2.11 bits per heavy atom. The summed E-state index contributed by atoms with van der Waals surface area (Å²) in [7, 11) is 0. The summed E-state index contributed by atoms with van der Waals surface area (Å²) in [5.41, 5.74) is 0. The van der Waals surface area contributed by atoms with Crippen LogP contribution in [0.4, 0.5) is 0 Å². The lowest BCUT2D eigenvalue weighted by Crippen LogP contribution is -1.93. The van der Waals surface area contributed by atoms with Gasteiger partial charge in [-0.05, 0) is 19.8 Å². The molecule has 9 heavy (non-hydrogen) atoms. The van der Waals surface area contributed by atoms with Crippen LogP contribution in [0, 0.1) is 0 Å². The van der Waals surface area contributed by atoms with E-state index in [1.165, 1.54) is 0 Å². The van der Waals surface area contributed by atoms with E-state index < -0.39 is 0 Å². The van der Waals surface area contributed by atoms with Gasteiger partial charge in [-0.1, -0.05) is 19.1 Å². The lowest BCUT2D eigenvalue weighted by atomic mass is 10.4. The minimum Gasteiger partial charge on any atom is -0.381 e. The molecule has 0 aromatic heterocycles. The molecule has 0 N–H and O–H groups in total. The molecule has 0 amide bonds. The molecule has 0 rings (SSSR count). The van der Waals surface area contributed by atoms with Crippen LogP contribution in [-0.2, 0) is 4.74 Å². The summed E-state index contributed by atoms with van der Waals surface area (Å²) in [6, 6.07) is 0. The molecule has 0 atom stereocenters. The predicted octanol–water partition coefficient (Wildman–Crippen LogP) is 2.38. The molecule has 1 heteroatoms. The fourth-order valence-electron chi connectivity index (χ4n) is 0.564. The van der Waals surface area contributed by atoms with Crippen molar-refractivity contribution >= 4 is 0 Å². The molecular weight excluding hydrogens is 112 g/mol. The normalized spacial score (nSPS) is 10.9. The van der Waals surface area contributed by atoms with Gasteiger partial charge in [-0.2, -0.15) is 0 Å². The Morgan fingerprint density at radius 1 is 1.33 bits per heavy atom. The lowest BCUT2D eigenvalue weighted by Gasteiger charge is -1.96. The van der Waals surface area contributed by atoms with Crippen LogP contribution in [0.25, 0.3) is 0 Å². The molecule has 1 nitrogen and oxygen atoms in total. The molecule has 0 aliphatic rings. The molecule has 0 saturated heterocycles. The average molecular weight is 128 g/mol. The highest BCUT2D eigenvalue weighted by atomic mass is 16.5. The maximum Gasteiger partial charge on any atom is 0.0500 e. The lowest BCUT2D eigenvalue weighted by molar-refractivity contribution is 0.139. The molecule has 0 aliphatic carbocycles. The molecule has 0 aliphatic heterocycles. The fraction of sp³-hybridized carbons (Fsp3) is 0.750. The van der Waals surface area contributed by atoms with Crippen molar-refractivity contribution in [3.05, 3.63) is 12.2 Å². The molecule has 0 aromatic rings. The quantitative estimate of drug-likeness (QED) is 0.408. The van der Waals surface area contributed by atoms with Crippen molar-refractivity contribution in [3.63, 3.8) is 0 Å². The third kappa shape index (κ3) is 7.70. The molecular formula is C8H16O. The summed E-state index contributed by atoms with van der Waals surface area (Å²) in [5.74, 6) is 0. The van der Waals surface area contributed by atoms with Crippen LogP contribution in [0.5, 0.6) is 0 Å². The smallest absolute Gasteiger partial charge is 0.0500 e. The van der Waals surface area contributed by atoms with Gasteiger partial charge < -0.3 is 4.74 Å². The molecule has 0 bridgehead atoms. The van der Waals surface area contributed by atoms with Crippen molar-refractivity contribution in [1.29, 1.82) is 0 Å². The molecule has 0 fully saturated rings. The fourth-order valence-corrected chi connectivity index (χ4v) is 0.564. The Labute approximate surface area is 57.7 Å². The monoisotopic (exact) mass is 128 g/mol. The topological polar surface area (TPSA) is 9.23 Å². The van der Waals surface area contributed by atoms with E-state index in [0.717, 1.165) is 26.1 Å². The van der Waals surface area contributed by atoms with Crippen molar-refractivity contribution in [2.45, 2.75) is 26.7 Å². The van der Waals surface area contributed by atoms with Crippen LogP contribution < -0.4 is 0 Å². The van der Waals surface area contributed by atoms with Gasteiger partial charge in [0.05, 0.1) is 6.61 Å². The van der Waals surface area contributed by atoms with Crippen molar-refractivity contribution < 1.29 is 4.74 Å². The van der Waals surface area contributed by atoms with Crippen LogP contribution in [0.15, 0.2) is 12.2 Å². The van der Waals surface area contributed by atoms with Crippen LogP contribution in [0.2, 0.25) is 0 Å². The zero-order valence-electron chi connectivity index (χ0n) is 6.39. The Kier molecular flexibility index (Phi) is 7.44. The Hall–Kier alpha value is -0.300. The molecule has 0 spiro atoms. The van der Waals surface area contributed by atoms with E-state index in [4.69, 9.17) is 4.74 Å². The van der Waals surface area contributed by atoms with Crippen LogP contribution in [0.3, 0.4) is 0 Å². The Balaban J connectivity index is 2.75. The van der Waals surface area contributed by atoms with E-state index in [0.29, 0.717) is 0 Å². The van der Waals surface area contributed by atoms with Gasteiger partial charge >= 0.3 is 0 Å². The summed E-state index contributed by atoms with van der Waals surface area (Å²) in [4.78, 5) is 0. The van der Waals surface area contributed by atoms with E-state index in [1.807, 2.05) is 6.92 Å². The zero-order valence-corrected chi connectivity index (χ0v) is 6.39. The summed E-state index contributed by atoms with van der Waals surface area (Å²) < 4.78 is 5.23. The first-order valence-electron chi connectivity index (χ1n) is 3.60. The first kappa shape index (κ1) is 8.70. The first-order valence-corrected chi connectivity index (χ1v) is 3.60. The van der Waals surface area contributed by atoms with E-state index in [-0.39, 0.29) is 0 Å². The van der Waals surface area contributed by atoms with Crippen molar-refractivity contribution in [2.75, 3.05) is 13.2 Å². The molecule has 54 valence electrons. The van der Waals surface area contributed by atoms with Crippen LogP contribution in [-0.4, -0.2) is 13.2 Å². The highest BCUT2D eigenvalue weighted by molar-refractivity contribution is 4.75. The van der Waals surface area contributed by atoms with Gasteiger partial charge in [0.2, 0.25) is 0 Å². The highest BCUT2D eigenvalue weighted by Crippen LogP contribution is 1.86. The summed E-state index contributed by atoms with van der Waals surface area (Å²) in [6.07, 6.45) is 6.34. The van der Waals surface area contributed by atoms with E-state index in [1.54, 1.807) is 0 Å². The maximum atomic E-state index is 5.23. The predicted molar refractivity (Wildman–Crippen MR) is 40.5 cm³/mol. The number of ether oxygens (including phenoxy) is 1. The Morgan fingerprint density at radius 3 is 2.67 bits per heavy atom. The SMILES string of the molecule is CC=CCCOCCC. The second-order valence-corrected chi connectivity index (χ2v) is 1.97. The number of hydrogen-bond acceptors (Lipinski definition) is 1. The maximum absolute atomic E-state index is 5.23. The molecule has 0 saturated carbocycles. The van der Waals surface area contributed by atoms with Gasteiger partial charge in [0.1, 0.15) is 0 Å². The molecule has 0 unspecified atom stereocenters. The van der Waals surface area contributed by atoms with E-state index in [2.05, 4.69) is 19.1 Å². The van der Waals surface area contributed by atoms with Gasteiger partial charge in [-0.15, -0.1) is 0 Å². The minimum absolute atomic E-state index is 0.873. The summed E-state index contributed by atoms with van der Waals surface area (Å²) >= 11 is 0. The highest BCUT2D eigenvalue weighted by Gasteiger charge is 1.80. The van der Waals surface area contributed by atoms with Gasteiger partial charge in [-0.25, -0.2) is 0 Å². The third-order valence-corrected chi connectivity index (χ3v) is 1.01. The molecule has 0 radical (unpaired) electrons. The van der Waals surface area contributed by atoms with Crippen molar-refractivity contribution in [1.82, 2.24) is 0 Å². The average Bonchev–Trinajstić information content (AvgIpc) is 1.89. The minimum atomic E-state index is 0.873. The zero-order chi connectivity index (χ0) is 6.95. The standard InChI is InChI=1S/C8H16O/c1-3-5-6-8-9-7-4-2/h3,5H,4,6-8H2,1-2H3. The largest absolute Gasteiger partial charge is 0.381 e. The van der Waals surface area contributed by atoms with Crippen molar-refractivity contribution in [2.24, 2.45) is 0 Å². The third-order valence-electron chi connectivity index (χ3n) is 1.01. The Bertz CT molecular complexity index is 67.0. The number of hydrogen-bond donors (Lipinski definition) is 0. The van der Waals surface area contributed by atoms with E-state index >= 15 is 0 Å². The van der Waals surface area contributed by atoms with Crippen LogP contribution in [0.1, 0.15) is 26.7 Å². The van der Waals surface area contributed by atoms with Gasteiger partial charge in [0.25, 0.3) is 0 Å². The first-order chi connectivity index (χ1) is 4.41. The second-order valence-electron chi connectivity index (χ2n) is 1.97. The molecule has 0 aromatic carbocycles.